The minimum absolute atomic E-state index is 0.555. The Balaban J connectivity index is 1.19. The lowest BCUT2D eigenvalue weighted by molar-refractivity contribution is 0.667. The number of nitrogens with zero attached hydrogens (tertiary/aromatic N) is 5. The molecule has 54 heavy (non-hydrogen) atoms. The van der Waals surface area contributed by atoms with Crippen molar-refractivity contribution >= 4 is 54.5 Å². The number of aromatic nitrogens is 5. The number of furan rings is 1. The molecule has 0 fully saturated rings. The number of fused-ring (bicyclic) bond motifs is 7. The normalized spacial score (nSPS) is 11.7. The summed E-state index contributed by atoms with van der Waals surface area (Å²) in [5.41, 5.74) is 9.54. The van der Waals surface area contributed by atoms with E-state index in [-0.39, 0.29) is 0 Å². The van der Waals surface area contributed by atoms with Gasteiger partial charge < -0.3 is 8.98 Å². The van der Waals surface area contributed by atoms with Gasteiger partial charge in [-0.2, -0.15) is 0 Å². The smallest absolute Gasteiger partial charge is 0.166 e. The van der Waals surface area contributed by atoms with Crippen LogP contribution in [0.25, 0.3) is 105 Å². The van der Waals surface area contributed by atoms with E-state index in [1.54, 1.807) is 12.4 Å². The molecule has 252 valence electrons. The number of rotatable bonds is 5. The molecule has 0 saturated carbocycles. The number of hydrogen-bond acceptors (Lipinski definition) is 5. The highest BCUT2D eigenvalue weighted by molar-refractivity contribution is 6.16. The van der Waals surface area contributed by atoms with Gasteiger partial charge in [0.2, 0.25) is 0 Å². The molecule has 6 heteroatoms. The minimum atomic E-state index is 0.555. The molecular formula is C48H29N5O. The maximum atomic E-state index is 6.43. The lowest BCUT2D eigenvalue weighted by atomic mass is 9.97. The highest BCUT2D eigenvalue weighted by Gasteiger charge is 2.24. The lowest BCUT2D eigenvalue weighted by Gasteiger charge is -2.16. The highest BCUT2D eigenvalue weighted by Crippen LogP contribution is 2.43. The van der Waals surface area contributed by atoms with Crippen molar-refractivity contribution in [2.45, 2.75) is 0 Å². The first-order valence-electron chi connectivity index (χ1n) is 18.0. The van der Waals surface area contributed by atoms with Crippen LogP contribution >= 0.6 is 0 Å². The zero-order valence-electron chi connectivity index (χ0n) is 28.9. The zero-order valence-corrected chi connectivity index (χ0v) is 28.9. The monoisotopic (exact) mass is 691 g/mol. The van der Waals surface area contributed by atoms with Gasteiger partial charge in [-0.05, 0) is 52.2 Å². The Bertz CT molecular complexity index is 3160. The Morgan fingerprint density at radius 3 is 1.80 bits per heavy atom. The first kappa shape index (κ1) is 30.2. The van der Waals surface area contributed by atoms with Crippen molar-refractivity contribution in [2.24, 2.45) is 0 Å². The van der Waals surface area contributed by atoms with E-state index in [9.17, 15) is 0 Å². The average molecular weight is 692 g/mol. The summed E-state index contributed by atoms with van der Waals surface area (Å²) in [5.74, 6) is 1.73. The van der Waals surface area contributed by atoms with Gasteiger partial charge in [-0.15, -0.1) is 0 Å². The fraction of sp³-hybridized carbons (Fsp3) is 0. The summed E-state index contributed by atoms with van der Waals surface area (Å²) < 4.78 is 8.76. The Labute approximate surface area is 309 Å². The molecule has 0 amide bonds. The Hall–Kier alpha value is -7.44. The molecule has 11 rings (SSSR count). The van der Waals surface area contributed by atoms with Crippen molar-refractivity contribution in [3.05, 3.63) is 176 Å². The van der Waals surface area contributed by atoms with E-state index in [1.165, 1.54) is 27.1 Å². The molecule has 4 aromatic heterocycles. The Morgan fingerprint density at radius 2 is 1.04 bits per heavy atom. The van der Waals surface area contributed by atoms with Gasteiger partial charge >= 0.3 is 0 Å². The highest BCUT2D eigenvalue weighted by atomic mass is 16.3. The summed E-state index contributed by atoms with van der Waals surface area (Å²) in [6.45, 7) is 0. The quantitative estimate of drug-likeness (QED) is 0.180. The largest absolute Gasteiger partial charge is 0.454 e. The van der Waals surface area contributed by atoms with Crippen LogP contribution in [-0.2, 0) is 0 Å². The van der Waals surface area contributed by atoms with Gasteiger partial charge in [-0.1, -0.05) is 133 Å². The van der Waals surface area contributed by atoms with Crippen molar-refractivity contribution in [3.8, 4) is 51.0 Å². The van der Waals surface area contributed by atoms with Crippen LogP contribution in [0.15, 0.2) is 181 Å². The summed E-state index contributed by atoms with van der Waals surface area (Å²) in [7, 11) is 0. The second-order valence-corrected chi connectivity index (χ2v) is 13.5. The fourth-order valence-electron chi connectivity index (χ4n) is 7.92. The maximum absolute atomic E-state index is 6.43. The van der Waals surface area contributed by atoms with Crippen molar-refractivity contribution < 1.29 is 4.42 Å². The molecule has 0 unspecified atom stereocenters. The predicted octanol–water partition coefficient (Wildman–Crippen LogP) is 12.1. The molecule has 7 aromatic carbocycles. The van der Waals surface area contributed by atoms with Crippen LogP contribution in [-0.4, -0.2) is 24.5 Å². The molecule has 6 nitrogen and oxygen atoms in total. The van der Waals surface area contributed by atoms with Gasteiger partial charge in [0, 0.05) is 38.9 Å². The van der Waals surface area contributed by atoms with Crippen LogP contribution in [0.1, 0.15) is 0 Å². The van der Waals surface area contributed by atoms with Crippen LogP contribution in [0.2, 0.25) is 0 Å². The standard InChI is InChI=1S/C48H29N5O/c1-2-12-32(13-3-1)46-50-47(33-23-21-31(22-24-33)35-18-10-14-30-11-4-5-15-34(30)35)52-48(51-46)45-41(25-26-42-44(45)38-27-28-49-29-43(38)54-42)53-39-19-8-6-16-36(39)37-17-7-9-20-40(37)53/h1-29H. The Morgan fingerprint density at radius 1 is 0.426 bits per heavy atom. The topological polar surface area (TPSA) is 69.6 Å². The SMILES string of the molecule is c1ccc(-c2nc(-c3ccc(-c4cccc5ccccc45)cc3)nc(-c3c(-n4c5ccccc5c5ccccc54)ccc4oc5cnccc5c34)n2)cc1. The molecule has 0 N–H and O–H groups in total. The van der Waals surface area contributed by atoms with E-state index in [1.807, 2.05) is 42.5 Å². The number of benzene rings is 7. The van der Waals surface area contributed by atoms with Crippen molar-refractivity contribution in [1.29, 1.82) is 0 Å². The van der Waals surface area contributed by atoms with Crippen molar-refractivity contribution in [1.82, 2.24) is 24.5 Å². The number of hydrogen-bond donors (Lipinski definition) is 0. The van der Waals surface area contributed by atoms with Crippen LogP contribution in [0, 0.1) is 0 Å². The van der Waals surface area contributed by atoms with E-state index in [2.05, 4.69) is 131 Å². The third kappa shape index (κ3) is 4.74. The third-order valence-electron chi connectivity index (χ3n) is 10.4. The van der Waals surface area contributed by atoms with Crippen LogP contribution in [0.5, 0.6) is 0 Å². The predicted molar refractivity (Wildman–Crippen MR) is 218 cm³/mol. The molecule has 0 spiro atoms. The van der Waals surface area contributed by atoms with Crippen molar-refractivity contribution in [3.63, 3.8) is 0 Å². The van der Waals surface area contributed by atoms with E-state index in [4.69, 9.17) is 19.4 Å². The lowest BCUT2D eigenvalue weighted by Crippen LogP contribution is -2.04. The molecule has 0 aliphatic heterocycles. The van der Waals surface area contributed by atoms with E-state index in [0.29, 0.717) is 23.1 Å². The molecule has 0 saturated heterocycles. The molecule has 0 radical (unpaired) electrons. The average Bonchev–Trinajstić information content (AvgIpc) is 3.79. The van der Waals surface area contributed by atoms with E-state index < -0.39 is 0 Å². The molecule has 4 heterocycles. The minimum Gasteiger partial charge on any atom is -0.454 e. The second-order valence-electron chi connectivity index (χ2n) is 13.5. The van der Waals surface area contributed by atoms with Gasteiger partial charge in [0.1, 0.15) is 5.58 Å². The summed E-state index contributed by atoms with van der Waals surface area (Å²) >= 11 is 0. The second kappa shape index (κ2) is 12.1. The molecule has 0 bridgehead atoms. The summed E-state index contributed by atoms with van der Waals surface area (Å²) in [5, 5.41) is 6.65. The summed E-state index contributed by atoms with van der Waals surface area (Å²) in [6.07, 6.45) is 3.57. The van der Waals surface area contributed by atoms with Gasteiger partial charge in [-0.25, -0.2) is 15.0 Å². The molecule has 0 atom stereocenters. The van der Waals surface area contributed by atoms with Gasteiger partial charge in [-0.3, -0.25) is 4.98 Å². The van der Waals surface area contributed by atoms with E-state index >= 15 is 0 Å². The van der Waals surface area contributed by atoms with E-state index in [0.717, 1.165) is 55.3 Å². The molecule has 0 aliphatic rings. The van der Waals surface area contributed by atoms with Gasteiger partial charge in [0.05, 0.1) is 28.5 Å². The fourth-order valence-corrected chi connectivity index (χ4v) is 7.92. The van der Waals surface area contributed by atoms with Crippen molar-refractivity contribution in [2.75, 3.05) is 0 Å². The Kier molecular flexibility index (Phi) is 6.75. The number of pyridine rings is 1. The van der Waals surface area contributed by atoms with Gasteiger partial charge in [0.15, 0.2) is 23.1 Å². The summed E-state index contributed by atoms with van der Waals surface area (Å²) in [4.78, 5) is 20.1. The third-order valence-corrected chi connectivity index (χ3v) is 10.4. The zero-order chi connectivity index (χ0) is 35.6. The van der Waals surface area contributed by atoms with Crippen LogP contribution < -0.4 is 0 Å². The first-order valence-corrected chi connectivity index (χ1v) is 18.0. The maximum Gasteiger partial charge on any atom is 0.166 e. The van der Waals surface area contributed by atoms with Crippen LogP contribution in [0.3, 0.4) is 0 Å². The molecule has 0 aliphatic carbocycles. The summed E-state index contributed by atoms with van der Waals surface area (Å²) in [6, 6.07) is 56.8. The van der Waals surface area contributed by atoms with Crippen LogP contribution in [0.4, 0.5) is 0 Å². The number of para-hydroxylation sites is 2. The first-order chi connectivity index (χ1) is 26.8. The van der Waals surface area contributed by atoms with Gasteiger partial charge in [0.25, 0.3) is 0 Å². The molecular weight excluding hydrogens is 663 g/mol. The molecule has 11 aromatic rings.